The number of nitrogens with one attached hydrogen (secondary N) is 1. The summed E-state index contributed by atoms with van der Waals surface area (Å²) in [5.74, 6) is -2.12. The zero-order valence-corrected chi connectivity index (χ0v) is 10.4. The number of benzene rings is 1. The number of hydrogen-bond acceptors (Lipinski definition) is 3. The van der Waals surface area contributed by atoms with Gasteiger partial charge in [-0.25, -0.2) is 4.79 Å². The second-order valence-corrected chi connectivity index (χ2v) is 3.90. The van der Waals surface area contributed by atoms with E-state index in [1.165, 1.54) is 18.2 Å². The molecule has 1 aromatic carbocycles. The summed E-state index contributed by atoms with van der Waals surface area (Å²) in [6, 6.07) is 5.19. The first-order valence-electron chi connectivity index (χ1n) is 5.46. The molecule has 8 heteroatoms. The average Bonchev–Trinajstić information content (AvgIpc) is 2.34. The molecule has 1 amide bonds. The molecule has 0 fully saturated rings. The Morgan fingerprint density at radius 3 is 2.55 bits per heavy atom. The summed E-state index contributed by atoms with van der Waals surface area (Å²) < 4.78 is 41.4. The lowest BCUT2D eigenvalue weighted by Crippen LogP contribution is -2.34. The number of ether oxygens (including phenoxy) is 1. The molecule has 1 unspecified atom stereocenters. The van der Waals surface area contributed by atoms with E-state index in [0.717, 1.165) is 13.2 Å². The summed E-state index contributed by atoms with van der Waals surface area (Å²) in [4.78, 5) is 22.2. The Kier molecular flexibility index (Phi) is 5.09. The molecule has 20 heavy (non-hydrogen) atoms. The van der Waals surface area contributed by atoms with Crippen molar-refractivity contribution in [3.05, 3.63) is 29.8 Å². The Morgan fingerprint density at radius 1 is 1.40 bits per heavy atom. The van der Waals surface area contributed by atoms with Crippen molar-refractivity contribution in [2.75, 3.05) is 12.4 Å². The second-order valence-electron chi connectivity index (χ2n) is 3.90. The van der Waals surface area contributed by atoms with Crippen LogP contribution >= 0.6 is 0 Å². The quantitative estimate of drug-likeness (QED) is 0.872. The summed E-state index contributed by atoms with van der Waals surface area (Å²) >= 11 is 0. The standard InChI is InChI=1S/C12H12F3NO4/c1-20-9(12(13,14)15)6-10(17)16-8-4-2-3-7(5-8)11(18)19/h2-5,9H,6H2,1H3,(H,16,17)(H,18,19). The molecule has 0 bridgehead atoms. The number of alkyl halides is 3. The zero-order valence-electron chi connectivity index (χ0n) is 10.4. The fourth-order valence-corrected chi connectivity index (χ4v) is 1.44. The first kappa shape index (κ1) is 16.0. The van der Waals surface area contributed by atoms with E-state index in [0.29, 0.717) is 0 Å². The molecule has 5 nitrogen and oxygen atoms in total. The number of carboxylic acid groups (broad SMARTS) is 1. The van der Waals surface area contributed by atoms with Crippen molar-refractivity contribution >= 4 is 17.6 Å². The highest BCUT2D eigenvalue weighted by atomic mass is 19.4. The molecular formula is C12H12F3NO4. The normalized spacial score (nSPS) is 12.8. The van der Waals surface area contributed by atoms with E-state index >= 15 is 0 Å². The number of carbonyl (C=O) groups excluding carboxylic acids is 1. The minimum absolute atomic E-state index is 0.0816. The van der Waals surface area contributed by atoms with Gasteiger partial charge in [-0.3, -0.25) is 4.79 Å². The third-order valence-corrected chi connectivity index (χ3v) is 2.41. The van der Waals surface area contributed by atoms with Crippen molar-refractivity contribution in [2.24, 2.45) is 0 Å². The Balaban J connectivity index is 2.71. The Morgan fingerprint density at radius 2 is 2.05 bits per heavy atom. The van der Waals surface area contributed by atoms with Crippen LogP contribution in [0.3, 0.4) is 0 Å². The molecule has 0 aliphatic carbocycles. The monoisotopic (exact) mass is 291 g/mol. The van der Waals surface area contributed by atoms with E-state index in [-0.39, 0.29) is 11.3 Å². The highest BCUT2D eigenvalue weighted by molar-refractivity contribution is 5.94. The van der Waals surface area contributed by atoms with Crippen LogP contribution in [0.5, 0.6) is 0 Å². The maximum atomic E-state index is 12.4. The molecule has 0 heterocycles. The number of anilines is 1. The fraction of sp³-hybridized carbons (Fsp3) is 0.333. The lowest BCUT2D eigenvalue weighted by atomic mass is 10.2. The molecule has 1 rings (SSSR count). The van der Waals surface area contributed by atoms with Crippen molar-refractivity contribution in [3.8, 4) is 0 Å². The molecule has 0 saturated heterocycles. The largest absolute Gasteiger partial charge is 0.478 e. The van der Waals surface area contributed by atoms with Crippen LogP contribution < -0.4 is 5.32 Å². The summed E-state index contributed by atoms with van der Waals surface area (Å²) in [7, 11) is 0.858. The van der Waals surface area contributed by atoms with Crippen LogP contribution in [0.15, 0.2) is 24.3 Å². The number of methoxy groups -OCH3 is 1. The van der Waals surface area contributed by atoms with Crippen LogP contribution in [0, 0.1) is 0 Å². The topological polar surface area (TPSA) is 75.6 Å². The molecule has 0 radical (unpaired) electrons. The highest BCUT2D eigenvalue weighted by Crippen LogP contribution is 2.25. The average molecular weight is 291 g/mol. The molecule has 0 saturated carbocycles. The van der Waals surface area contributed by atoms with Crippen LogP contribution in [0.1, 0.15) is 16.8 Å². The van der Waals surface area contributed by atoms with Gasteiger partial charge in [-0.15, -0.1) is 0 Å². The molecule has 1 aromatic rings. The maximum Gasteiger partial charge on any atom is 0.415 e. The van der Waals surface area contributed by atoms with Gasteiger partial charge in [0, 0.05) is 12.8 Å². The van der Waals surface area contributed by atoms with Crippen molar-refractivity contribution in [2.45, 2.75) is 18.7 Å². The Hall–Kier alpha value is -2.09. The van der Waals surface area contributed by atoms with Gasteiger partial charge >= 0.3 is 12.1 Å². The summed E-state index contributed by atoms with van der Waals surface area (Å²) in [5, 5.41) is 10.9. The zero-order chi connectivity index (χ0) is 15.3. The summed E-state index contributed by atoms with van der Waals surface area (Å²) in [5.41, 5.74) is 0.0221. The van der Waals surface area contributed by atoms with Crippen LogP contribution in [-0.2, 0) is 9.53 Å². The lowest BCUT2D eigenvalue weighted by molar-refractivity contribution is -0.213. The van der Waals surface area contributed by atoms with Crippen molar-refractivity contribution in [3.63, 3.8) is 0 Å². The minimum atomic E-state index is -4.64. The fourth-order valence-electron chi connectivity index (χ4n) is 1.44. The van der Waals surface area contributed by atoms with Gasteiger partial charge in [-0.2, -0.15) is 13.2 Å². The van der Waals surface area contributed by atoms with E-state index in [4.69, 9.17) is 5.11 Å². The molecule has 2 N–H and O–H groups in total. The first-order valence-corrected chi connectivity index (χ1v) is 5.46. The third-order valence-electron chi connectivity index (χ3n) is 2.41. The van der Waals surface area contributed by atoms with Gasteiger partial charge in [-0.05, 0) is 18.2 Å². The predicted molar refractivity (Wildman–Crippen MR) is 63.5 cm³/mol. The van der Waals surface area contributed by atoms with E-state index in [1.54, 1.807) is 0 Å². The van der Waals surface area contributed by atoms with Gasteiger partial charge in [0.25, 0.3) is 0 Å². The van der Waals surface area contributed by atoms with Crippen LogP contribution in [0.2, 0.25) is 0 Å². The van der Waals surface area contributed by atoms with Crippen molar-refractivity contribution in [1.82, 2.24) is 0 Å². The number of halogens is 3. The number of rotatable bonds is 5. The molecule has 110 valence electrons. The molecule has 1 atom stereocenters. The predicted octanol–water partition coefficient (Wildman–Crippen LogP) is 2.29. The molecule has 0 spiro atoms. The smallest absolute Gasteiger partial charge is 0.415 e. The lowest BCUT2D eigenvalue weighted by Gasteiger charge is -2.18. The van der Waals surface area contributed by atoms with Gasteiger partial charge < -0.3 is 15.2 Å². The van der Waals surface area contributed by atoms with Crippen LogP contribution in [0.25, 0.3) is 0 Å². The van der Waals surface area contributed by atoms with Gasteiger partial charge in [0.05, 0.1) is 12.0 Å². The van der Waals surface area contributed by atoms with Crippen LogP contribution in [0.4, 0.5) is 18.9 Å². The Labute approximate surface area is 112 Å². The summed E-state index contributed by atoms with van der Waals surface area (Å²) in [6.07, 6.45) is -7.75. The van der Waals surface area contributed by atoms with Crippen molar-refractivity contribution in [1.29, 1.82) is 0 Å². The molecule has 0 aliphatic rings. The van der Waals surface area contributed by atoms with E-state index < -0.39 is 30.6 Å². The van der Waals surface area contributed by atoms with Gasteiger partial charge in [0.15, 0.2) is 6.10 Å². The maximum absolute atomic E-state index is 12.4. The number of aromatic carboxylic acids is 1. The number of amides is 1. The SMILES string of the molecule is COC(CC(=O)Nc1cccc(C(=O)O)c1)C(F)(F)F. The Bertz CT molecular complexity index is 502. The molecule has 0 aromatic heterocycles. The van der Waals surface area contributed by atoms with Crippen LogP contribution in [-0.4, -0.2) is 36.4 Å². The first-order chi connectivity index (χ1) is 9.24. The molecular weight excluding hydrogens is 279 g/mol. The third kappa shape index (κ3) is 4.54. The minimum Gasteiger partial charge on any atom is -0.478 e. The van der Waals surface area contributed by atoms with Gasteiger partial charge in [0.1, 0.15) is 0 Å². The van der Waals surface area contributed by atoms with Crippen molar-refractivity contribution < 1.29 is 32.6 Å². The number of hydrogen-bond donors (Lipinski definition) is 2. The van der Waals surface area contributed by atoms with E-state index in [1.807, 2.05) is 0 Å². The van der Waals surface area contributed by atoms with Gasteiger partial charge in [-0.1, -0.05) is 6.07 Å². The second kappa shape index (κ2) is 6.38. The van der Waals surface area contributed by atoms with Gasteiger partial charge in [0.2, 0.25) is 5.91 Å². The highest BCUT2D eigenvalue weighted by Gasteiger charge is 2.41. The van der Waals surface area contributed by atoms with E-state index in [9.17, 15) is 22.8 Å². The molecule has 0 aliphatic heterocycles. The number of carboxylic acids is 1. The number of carbonyl (C=O) groups is 2. The van der Waals surface area contributed by atoms with E-state index in [2.05, 4.69) is 10.1 Å². The summed E-state index contributed by atoms with van der Waals surface area (Å²) in [6.45, 7) is 0.